The van der Waals surface area contributed by atoms with E-state index in [1.165, 1.54) is 11.5 Å². The molecule has 0 heterocycles. The molecule has 0 aromatic rings. The summed E-state index contributed by atoms with van der Waals surface area (Å²) in [5.41, 5.74) is -5.87. The molecule has 0 aromatic carbocycles. The molecule has 0 saturated heterocycles. The highest BCUT2D eigenvalue weighted by Crippen LogP contribution is 2.49. The Hall–Kier alpha value is 0.190. The summed E-state index contributed by atoms with van der Waals surface area (Å²) < 4.78 is 132. The molecule has 0 aliphatic heterocycles. The predicted molar refractivity (Wildman–Crippen MR) is 88.9 cm³/mol. The lowest BCUT2D eigenvalue weighted by atomic mass is 10.0. The van der Waals surface area contributed by atoms with Gasteiger partial charge in [-0.05, 0) is 49.2 Å². The molecule has 0 radical (unpaired) electrons. The van der Waals surface area contributed by atoms with Gasteiger partial charge >= 0.3 is 12.4 Å². The van der Waals surface area contributed by atoms with Gasteiger partial charge in [-0.25, -0.2) is 4.42 Å². The Morgan fingerprint density at radius 2 is 1.07 bits per heavy atom. The predicted octanol–water partition coefficient (Wildman–Crippen LogP) is 3.09. The number of hydrogen-bond donors (Lipinski definition) is 2. The van der Waals surface area contributed by atoms with E-state index < -0.39 is 53.4 Å². The summed E-state index contributed by atoms with van der Waals surface area (Å²) in [7, 11) is -8.06. The number of alkyl halides is 6. The monoisotopic (exact) mass is 530 g/mol. The molecule has 0 aromatic heterocycles. The fraction of sp³-hybridized carbons (Fsp3) is 1.00. The van der Waals surface area contributed by atoms with Crippen molar-refractivity contribution in [1.29, 1.82) is 0 Å². The fourth-order valence-electron chi connectivity index (χ4n) is 1.36. The molecular formula is C9H15Cl3F6N2O6S2. The van der Waals surface area contributed by atoms with E-state index in [4.69, 9.17) is 20.9 Å². The van der Waals surface area contributed by atoms with Crippen molar-refractivity contribution in [3.8, 4) is 0 Å². The first-order valence-corrected chi connectivity index (χ1v) is 10.6. The van der Waals surface area contributed by atoms with Crippen molar-refractivity contribution in [2.75, 3.05) is 18.6 Å². The average molecular weight is 532 g/mol. The maximum atomic E-state index is 12.3. The molecule has 19 heteroatoms. The molecule has 0 amide bonds. The Labute approximate surface area is 172 Å². The zero-order valence-corrected chi connectivity index (χ0v) is 18.0. The van der Waals surface area contributed by atoms with Gasteiger partial charge in [-0.3, -0.25) is 9.11 Å². The third-order valence-corrected chi connectivity index (χ3v) is 5.88. The van der Waals surface area contributed by atoms with Crippen LogP contribution in [0.1, 0.15) is 13.8 Å². The van der Waals surface area contributed by atoms with E-state index in [-0.39, 0.29) is 5.75 Å². The van der Waals surface area contributed by atoms with Crippen LogP contribution in [-0.4, -0.2) is 76.3 Å². The summed E-state index contributed by atoms with van der Waals surface area (Å²) in [6.07, 6.45) is -12.4. The van der Waals surface area contributed by atoms with Gasteiger partial charge in [0.1, 0.15) is 5.75 Å². The molecule has 0 unspecified atom stereocenters. The summed E-state index contributed by atoms with van der Waals surface area (Å²) in [4.78, 5) is 0. The van der Waals surface area contributed by atoms with Crippen LogP contribution < -0.4 is 0 Å². The Bertz CT molecular complexity index is 710. The zero-order chi connectivity index (χ0) is 23.6. The highest BCUT2D eigenvalue weighted by molar-refractivity contribution is 7.86. The van der Waals surface area contributed by atoms with Gasteiger partial charge in [0.25, 0.3) is 25.8 Å². The lowest BCUT2D eigenvalue weighted by molar-refractivity contribution is -0.310. The van der Waals surface area contributed by atoms with Crippen molar-refractivity contribution in [3.05, 3.63) is 0 Å². The molecule has 0 bridgehead atoms. The van der Waals surface area contributed by atoms with E-state index in [0.717, 1.165) is 0 Å². The summed E-state index contributed by atoms with van der Waals surface area (Å²) in [6.45, 7) is 3.24. The van der Waals surface area contributed by atoms with Crippen molar-refractivity contribution in [1.82, 2.24) is 8.36 Å². The molecule has 0 aliphatic carbocycles. The second kappa shape index (κ2) is 9.55. The van der Waals surface area contributed by atoms with Crippen molar-refractivity contribution in [3.63, 3.8) is 0 Å². The van der Waals surface area contributed by atoms with Gasteiger partial charge in [-0.1, -0.05) is 0 Å². The summed E-state index contributed by atoms with van der Waals surface area (Å²) in [5.74, 6) is -3.15. The highest BCUT2D eigenvalue weighted by Gasteiger charge is 2.76. The lowest BCUT2D eigenvalue weighted by Gasteiger charge is -2.37. The van der Waals surface area contributed by atoms with Crippen LogP contribution in [0.15, 0.2) is 0 Å². The topological polar surface area (TPSA) is 115 Å². The number of hydrogen-bond acceptors (Lipinski definition) is 6. The number of nitrogens with zero attached hydrogens (tertiary/aromatic N) is 2. The van der Waals surface area contributed by atoms with E-state index in [1.54, 1.807) is 13.8 Å². The first kappa shape index (κ1) is 30.4. The second-order valence-corrected chi connectivity index (χ2v) is 10.1. The maximum Gasteiger partial charge on any atom is 0.419 e. The van der Waals surface area contributed by atoms with Gasteiger partial charge in [0.15, 0.2) is 0 Å². The quantitative estimate of drug-likeness (QED) is 0.305. The van der Waals surface area contributed by atoms with E-state index in [0.29, 0.717) is 0 Å². The van der Waals surface area contributed by atoms with Crippen LogP contribution in [0, 0.1) is 0 Å². The molecule has 28 heavy (non-hydrogen) atoms. The molecule has 8 nitrogen and oxygen atoms in total. The smallest absolute Gasteiger partial charge is 0.285 e. The largest absolute Gasteiger partial charge is 0.419 e. The van der Waals surface area contributed by atoms with Crippen LogP contribution in [0.5, 0.6) is 0 Å². The summed E-state index contributed by atoms with van der Waals surface area (Å²) in [5, 5.41) is 0. The standard InChI is InChI=1S/C5H12ClNO3S.C4H3Cl2F6NO3S/c1-5(2,7(3)6)4-11(8,9)10;5-13(6)2(3(7,8)9,4(10,11)12)1-17(14,15)16/h4H2,1-3H3,(H,8,9,10);1H2,(H,14,15,16). The Balaban J connectivity index is 0. The SMILES string of the molecule is CN(Cl)C(C)(C)CS(=O)(=O)O.O=S(=O)(O)CC(N(Cl)Cl)(C(F)(F)F)C(F)(F)F. The van der Waals surface area contributed by atoms with E-state index >= 15 is 0 Å². The minimum Gasteiger partial charge on any atom is -0.285 e. The highest BCUT2D eigenvalue weighted by atomic mass is 35.5. The molecule has 172 valence electrons. The average Bonchev–Trinajstić information content (AvgIpc) is 2.28. The van der Waals surface area contributed by atoms with E-state index in [9.17, 15) is 43.2 Å². The Morgan fingerprint density at radius 3 is 1.14 bits per heavy atom. The van der Waals surface area contributed by atoms with E-state index in [2.05, 4.69) is 23.6 Å². The molecule has 0 aliphatic rings. The molecule has 0 fully saturated rings. The third-order valence-electron chi connectivity index (χ3n) is 2.99. The van der Waals surface area contributed by atoms with Gasteiger partial charge in [-0.15, -0.1) is 3.94 Å². The Kier molecular flexibility index (Phi) is 10.4. The summed E-state index contributed by atoms with van der Waals surface area (Å²) >= 11 is 14.5. The molecule has 0 saturated carbocycles. The van der Waals surface area contributed by atoms with Gasteiger partial charge in [0.2, 0.25) is 0 Å². The second-order valence-electron chi connectivity index (χ2n) is 5.83. The maximum absolute atomic E-state index is 12.3. The molecule has 0 atom stereocenters. The number of halogens is 9. The molecule has 0 rings (SSSR count). The third kappa shape index (κ3) is 9.34. The van der Waals surface area contributed by atoms with Crippen LogP contribution in [0.4, 0.5) is 26.3 Å². The van der Waals surface area contributed by atoms with Crippen molar-refractivity contribution >= 4 is 55.6 Å². The Morgan fingerprint density at radius 1 is 0.786 bits per heavy atom. The van der Waals surface area contributed by atoms with Gasteiger partial charge in [-0.2, -0.15) is 43.2 Å². The van der Waals surface area contributed by atoms with Crippen molar-refractivity contribution < 1.29 is 52.3 Å². The first-order chi connectivity index (χ1) is 11.8. The zero-order valence-electron chi connectivity index (χ0n) is 14.1. The van der Waals surface area contributed by atoms with Gasteiger partial charge in [0, 0.05) is 12.6 Å². The summed E-state index contributed by atoms with van der Waals surface area (Å²) in [6, 6.07) is 0. The van der Waals surface area contributed by atoms with Crippen LogP contribution in [0.3, 0.4) is 0 Å². The number of rotatable bonds is 6. The van der Waals surface area contributed by atoms with Crippen LogP contribution in [-0.2, 0) is 20.2 Å². The van der Waals surface area contributed by atoms with Gasteiger partial charge in [0.05, 0.1) is 5.75 Å². The molecule has 0 spiro atoms. The molecular weight excluding hydrogens is 517 g/mol. The fourth-order valence-corrected chi connectivity index (χ4v) is 4.21. The molecule has 2 N–H and O–H groups in total. The van der Waals surface area contributed by atoms with Crippen LogP contribution >= 0.6 is 35.3 Å². The van der Waals surface area contributed by atoms with Crippen LogP contribution in [0.2, 0.25) is 0 Å². The van der Waals surface area contributed by atoms with Crippen molar-refractivity contribution in [2.45, 2.75) is 37.3 Å². The normalized spacial score (nSPS) is 14.9. The minimum atomic E-state index is -6.18. The minimum absolute atomic E-state index is 0.375. The van der Waals surface area contributed by atoms with Crippen LogP contribution in [0.25, 0.3) is 0 Å². The lowest BCUT2D eigenvalue weighted by Crippen LogP contribution is -2.66. The van der Waals surface area contributed by atoms with E-state index in [1.807, 2.05) is 0 Å². The first-order valence-electron chi connectivity index (χ1n) is 6.35. The van der Waals surface area contributed by atoms with Crippen molar-refractivity contribution in [2.24, 2.45) is 0 Å². The van der Waals surface area contributed by atoms with Gasteiger partial charge < -0.3 is 0 Å².